The average Bonchev–Trinajstić information content (AvgIpc) is 2.86. The van der Waals surface area contributed by atoms with Gasteiger partial charge in [0.25, 0.3) is 10.2 Å². The Bertz CT molecular complexity index is 539. The van der Waals surface area contributed by atoms with Crippen molar-refractivity contribution in [3.63, 3.8) is 0 Å². The fraction of sp³-hybridized carbons (Fsp3) is 0.929. The summed E-state index contributed by atoms with van der Waals surface area (Å²) in [4.78, 5) is 16.0. The van der Waals surface area contributed by atoms with Crippen molar-refractivity contribution >= 4 is 16.2 Å². The summed E-state index contributed by atoms with van der Waals surface area (Å²) in [6, 6.07) is -0.210. The van der Waals surface area contributed by atoms with Gasteiger partial charge in [0.1, 0.15) is 12.1 Å². The number of nitrogens with zero attached hydrogens (tertiary/aromatic N) is 4. The van der Waals surface area contributed by atoms with Crippen LogP contribution in [0, 0.1) is 0 Å². The number of likely N-dealkylation sites (N-methyl/N-ethyl adjacent to an activating group) is 1. The SMILES string of the molecule is C[C@@H]1C[C@@H](N2CCN(S(=O)(=O)N3CCN(C)CC3)CC2)C(=O)O1. The summed E-state index contributed by atoms with van der Waals surface area (Å²) in [6.45, 7) is 6.57. The zero-order chi connectivity index (χ0) is 16.6. The quantitative estimate of drug-likeness (QED) is 0.598. The Morgan fingerprint density at radius 1 is 0.957 bits per heavy atom. The summed E-state index contributed by atoms with van der Waals surface area (Å²) in [5, 5.41) is 0. The van der Waals surface area contributed by atoms with Crippen molar-refractivity contribution < 1.29 is 17.9 Å². The first-order valence-electron chi connectivity index (χ1n) is 8.26. The molecule has 23 heavy (non-hydrogen) atoms. The van der Waals surface area contributed by atoms with Gasteiger partial charge in [0, 0.05) is 58.8 Å². The maximum absolute atomic E-state index is 12.7. The molecule has 0 aromatic carbocycles. The molecule has 0 spiro atoms. The molecule has 0 bridgehead atoms. The Balaban J connectivity index is 1.57. The summed E-state index contributed by atoms with van der Waals surface area (Å²) < 4.78 is 33.8. The first-order chi connectivity index (χ1) is 10.9. The minimum Gasteiger partial charge on any atom is -0.461 e. The largest absolute Gasteiger partial charge is 0.461 e. The predicted octanol–water partition coefficient (Wildman–Crippen LogP) is -1.20. The van der Waals surface area contributed by atoms with Gasteiger partial charge in [-0.3, -0.25) is 9.69 Å². The zero-order valence-corrected chi connectivity index (χ0v) is 14.7. The van der Waals surface area contributed by atoms with Crippen molar-refractivity contribution in [3.05, 3.63) is 0 Å². The molecule has 0 aliphatic carbocycles. The van der Waals surface area contributed by atoms with Gasteiger partial charge in [-0.15, -0.1) is 0 Å². The van der Waals surface area contributed by atoms with Gasteiger partial charge in [-0.2, -0.15) is 17.0 Å². The number of cyclic esters (lactones) is 1. The molecule has 0 amide bonds. The van der Waals surface area contributed by atoms with E-state index in [2.05, 4.69) is 9.80 Å². The molecule has 3 aliphatic heterocycles. The van der Waals surface area contributed by atoms with E-state index in [9.17, 15) is 13.2 Å². The van der Waals surface area contributed by atoms with Gasteiger partial charge in [0.2, 0.25) is 0 Å². The van der Waals surface area contributed by atoms with Crippen LogP contribution in [-0.4, -0.2) is 104 Å². The standard InChI is InChI=1S/C14H26N4O4S/c1-12-11-13(14(19)22-12)16-5-9-18(10-6-16)23(20,21)17-7-3-15(2)4-8-17/h12-13H,3-11H2,1-2H3/t12-,13-/m1/s1. The van der Waals surface area contributed by atoms with Crippen LogP contribution in [0.25, 0.3) is 0 Å². The molecule has 0 N–H and O–H groups in total. The van der Waals surface area contributed by atoms with Crippen molar-refractivity contribution in [1.29, 1.82) is 0 Å². The summed E-state index contributed by atoms with van der Waals surface area (Å²) in [5.41, 5.74) is 0. The highest BCUT2D eigenvalue weighted by molar-refractivity contribution is 7.86. The van der Waals surface area contributed by atoms with E-state index in [1.165, 1.54) is 0 Å². The first kappa shape index (κ1) is 17.1. The molecule has 3 aliphatic rings. The van der Waals surface area contributed by atoms with Crippen LogP contribution in [0.5, 0.6) is 0 Å². The number of piperazine rings is 2. The van der Waals surface area contributed by atoms with Crippen molar-refractivity contribution in [2.24, 2.45) is 0 Å². The molecule has 0 aromatic rings. The number of hydrogen-bond donors (Lipinski definition) is 0. The highest BCUT2D eigenvalue weighted by atomic mass is 32.2. The Hall–Kier alpha value is -0.740. The third kappa shape index (κ3) is 3.53. The van der Waals surface area contributed by atoms with Crippen LogP contribution >= 0.6 is 0 Å². The third-order valence-electron chi connectivity index (χ3n) is 4.97. The Kier molecular flexibility index (Phi) is 4.93. The van der Waals surface area contributed by atoms with Gasteiger partial charge < -0.3 is 9.64 Å². The molecule has 0 unspecified atom stereocenters. The van der Waals surface area contributed by atoms with Crippen LogP contribution in [0.4, 0.5) is 0 Å². The second-order valence-corrected chi connectivity index (χ2v) is 8.57. The minimum absolute atomic E-state index is 0.0420. The van der Waals surface area contributed by atoms with Gasteiger partial charge >= 0.3 is 5.97 Å². The minimum atomic E-state index is -3.38. The molecular weight excluding hydrogens is 320 g/mol. The van der Waals surface area contributed by atoms with Crippen LogP contribution in [0.1, 0.15) is 13.3 Å². The lowest BCUT2D eigenvalue weighted by atomic mass is 10.1. The van der Waals surface area contributed by atoms with Crippen LogP contribution in [0.3, 0.4) is 0 Å². The van der Waals surface area contributed by atoms with E-state index in [-0.39, 0.29) is 18.1 Å². The maximum atomic E-state index is 12.7. The predicted molar refractivity (Wildman–Crippen MR) is 85.1 cm³/mol. The maximum Gasteiger partial charge on any atom is 0.323 e. The molecule has 0 saturated carbocycles. The molecule has 3 saturated heterocycles. The average molecular weight is 346 g/mol. The highest BCUT2D eigenvalue weighted by Crippen LogP contribution is 2.22. The molecule has 2 atom stereocenters. The van der Waals surface area contributed by atoms with Gasteiger partial charge in [-0.1, -0.05) is 0 Å². The first-order valence-corrected chi connectivity index (χ1v) is 9.66. The lowest BCUT2D eigenvalue weighted by Gasteiger charge is -2.39. The number of rotatable bonds is 3. The molecule has 3 fully saturated rings. The lowest BCUT2D eigenvalue weighted by Crippen LogP contribution is -2.58. The Morgan fingerprint density at radius 2 is 1.48 bits per heavy atom. The smallest absolute Gasteiger partial charge is 0.323 e. The Labute approximate surface area is 138 Å². The van der Waals surface area contributed by atoms with Crippen molar-refractivity contribution in [1.82, 2.24) is 18.4 Å². The normalized spacial score (nSPS) is 33.0. The van der Waals surface area contributed by atoms with Crippen LogP contribution < -0.4 is 0 Å². The van der Waals surface area contributed by atoms with Gasteiger partial charge in [-0.25, -0.2) is 0 Å². The zero-order valence-electron chi connectivity index (χ0n) is 13.8. The summed E-state index contributed by atoms with van der Waals surface area (Å²) in [6.07, 6.45) is 0.656. The highest BCUT2D eigenvalue weighted by Gasteiger charge is 2.40. The van der Waals surface area contributed by atoms with Gasteiger partial charge in [0.05, 0.1) is 0 Å². The van der Waals surface area contributed by atoms with E-state index in [1.54, 1.807) is 8.61 Å². The summed E-state index contributed by atoms with van der Waals surface area (Å²) in [7, 11) is -1.38. The van der Waals surface area contributed by atoms with Crippen molar-refractivity contribution in [2.45, 2.75) is 25.5 Å². The topological polar surface area (TPSA) is 73.4 Å². The third-order valence-corrected chi connectivity index (χ3v) is 7.01. The van der Waals surface area contributed by atoms with E-state index >= 15 is 0 Å². The van der Waals surface area contributed by atoms with Crippen molar-refractivity contribution in [2.75, 3.05) is 59.4 Å². The summed E-state index contributed by atoms with van der Waals surface area (Å²) >= 11 is 0. The second kappa shape index (κ2) is 6.64. The molecule has 3 rings (SSSR count). The molecular formula is C14H26N4O4S. The number of ether oxygens (including phenoxy) is 1. The molecule has 3 heterocycles. The molecule has 8 nitrogen and oxygen atoms in total. The molecule has 0 aromatic heterocycles. The van der Waals surface area contributed by atoms with E-state index in [1.807, 2.05) is 14.0 Å². The van der Waals surface area contributed by atoms with Crippen molar-refractivity contribution in [3.8, 4) is 0 Å². The number of hydrogen-bond acceptors (Lipinski definition) is 6. The fourth-order valence-electron chi connectivity index (χ4n) is 3.46. The number of carbonyl (C=O) groups is 1. The van der Waals surface area contributed by atoms with Crippen LogP contribution in [0.15, 0.2) is 0 Å². The van der Waals surface area contributed by atoms with Crippen LogP contribution in [-0.2, 0) is 19.7 Å². The monoisotopic (exact) mass is 346 g/mol. The molecule has 9 heteroatoms. The lowest BCUT2D eigenvalue weighted by molar-refractivity contribution is -0.145. The molecule has 132 valence electrons. The molecule has 0 radical (unpaired) electrons. The van der Waals surface area contributed by atoms with Gasteiger partial charge in [-0.05, 0) is 14.0 Å². The van der Waals surface area contributed by atoms with Gasteiger partial charge in [0.15, 0.2) is 0 Å². The fourth-order valence-corrected chi connectivity index (χ4v) is 5.04. The van der Waals surface area contributed by atoms with Crippen LogP contribution in [0.2, 0.25) is 0 Å². The Morgan fingerprint density at radius 3 is 1.96 bits per heavy atom. The van der Waals surface area contributed by atoms with E-state index in [0.29, 0.717) is 45.7 Å². The van der Waals surface area contributed by atoms with E-state index in [4.69, 9.17) is 4.74 Å². The second-order valence-electron chi connectivity index (χ2n) is 6.64. The van der Waals surface area contributed by atoms with E-state index < -0.39 is 10.2 Å². The number of esters is 1. The van der Waals surface area contributed by atoms with E-state index in [0.717, 1.165) is 13.1 Å². The summed E-state index contributed by atoms with van der Waals surface area (Å²) in [5.74, 6) is -0.173. The number of carbonyl (C=O) groups excluding carboxylic acids is 1.